The summed E-state index contributed by atoms with van der Waals surface area (Å²) in [5.74, 6) is 0.727. The van der Waals surface area contributed by atoms with Crippen molar-refractivity contribution in [3.05, 3.63) is 24.9 Å². The van der Waals surface area contributed by atoms with Gasteiger partial charge in [0.05, 0.1) is 6.20 Å². The van der Waals surface area contributed by atoms with E-state index < -0.39 is 0 Å². The van der Waals surface area contributed by atoms with Crippen LogP contribution in [-0.4, -0.2) is 20.1 Å². The molecule has 0 aromatic carbocycles. The molecule has 0 radical (unpaired) electrons. The molecule has 0 saturated carbocycles. The van der Waals surface area contributed by atoms with E-state index in [0.29, 0.717) is 0 Å². The lowest BCUT2D eigenvalue weighted by molar-refractivity contribution is -0.727. The number of rotatable bonds is 1. The van der Waals surface area contributed by atoms with E-state index in [1.807, 2.05) is 7.05 Å². The summed E-state index contributed by atoms with van der Waals surface area (Å²) in [5.41, 5.74) is 0.748. The molecule has 2 heterocycles. The lowest BCUT2D eigenvalue weighted by atomic mass is 10.4. The summed E-state index contributed by atoms with van der Waals surface area (Å²) < 4.78 is 1.75. The van der Waals surface area contributed by atoms with Crippen LogP contribution in [0.2, 0.25) is 0 Å². The molecule has 2 rings (SSSR count). The van der Waals surface area contributed by atoms with E-state index in [9.17, 15) is 0 Å². The maximum absolute atomic E-state index is 4.09. The third-order valence-electron chi connectivity index (χ3n) is 1.45. The summed E-state index contributed by atoms with van der Waals surface area (Å²) in [6.45, 7) is 0. The van der Waals surface area contributed by atoms with Crippen LogP contribution >= 0.6 is 0 Å². The van der Waals surface area contributed by atoms with Crippen LogP contribution < -0.4 is 4.68 Å². The normalized spacial score (nSPS) is 10.1. The van der Waals surface area contributed by atoms with Gasteiger partial charge in [-0.3, -0.25) is 4.98 Å². The van der Waals surface area contributed by atoms with Crippen molar-refractivity contribution < 1.29 is 4.68 Å². The van der Waals surface area contributed by atoms with Crippen LogP contribution in [0.4, 0.5) is 0 Å². The van der Waals surface area contributed by atoms with Gasteiger partial charge in [0.15, 0.2) is 5.69 Å². The van der Waals surface area contributed by atoms with Crippen molar-refractivity contribution in [1.82, 2.24) is 20.1 Å². The molecule has 0 amide bonds. The van der Waals surface area contributed by atoms with Gasteiger partial charge in [-0.2, -0.15) is 9.78 Å². The van der Waals surface area contributed by atoms with E-state index in [4.69, 9.17) is 0 Å². The first-order valence-electron chi connectivity index (χ1n) is 3.53. The fourth-order valence-corrected chi connectivity index (χ4v) is 0.914. The average molecular weight is 162 g/mol. The molecule has 0 saturated heterocycles. The number of nitrogens with zero attached hydrogens (tertiary/aromatic N) is 4. The Morgan fingerprint density at radius 1 is 1.33 bits per heavy atom. The number of nitrogens with one attached hydrogen (secondary N) is 1. The molecule has 0 spiro atoms. The Hall–Kier alpha value is -1.78. The number of hydrogen-bond donors (Lipinski definition) is 1. The molecule has 0 bridgehead atoms. The fraction of sp³-hybridized carbons (Fsp3) is 0.143. The van der Waals surface area contributed by atoms with Gasteiger partial charge in [0.25, 0.3) is 0 Å². The fourth-order valence-electron chi connectivity index (χ4n) is 0.914. The van der Waals surface area contributed by atoms with E-state index in [0.717, 1.165) is 11.5 Å². The minimum absolute atomic E-state index is 0.727. The Balaban J connectivity index is 2.45. The van der Waals surface area contributed by atoms with E-state index in [2.05, 4.69) is 20.1 Å². The highest BCUT2D eigenvalue weighted by molar-refractivity contribution is 5.44. The highest BCUT2D eigenvalue weighted by atomic mass is 15.3. The molecular formula is C7H8N5+. The van der Waals surface area contributed by atoms with Crippen LogP contribution in [-0.2, 0) is 7.05 Å². The highest BCUT2D eigenvalue weighted by Crippen LogP contribution is 2.04. The predicted octanol–water partition coefficient (Wildman–Crippen LogP) is -0.309. The van der Waals surface area contributed by atoms with Crippen LogP contribution in [0, 0.1) is 0 Å². The molecule has 5 nitrogen and oxygen atoms in total. The first-order chi connectivity index (χ1) is 5.86. The zero-order valence-corrected chi connectivity index (χ0v) is 6.60. The smallest absolute Gasteiger partial charge is 0.261 e. The molecule has 2 aromatic heterocycles. The lowest BCUT2D eigenvalue weighted by Crippen LogP contribution is -2.28. The number of aromatic nitrogens is 5. The second kappa shape index (κ2) is 2.69. The minimum Gasteiger partial charge on any atom is -0.261 e. The molecule has 0 aliphatic rings. The molecule has 0 fully saturated rings. The number of H-pyrrole nitrogens is 1. The largest absolute Gasteiger partial charge is 0.307 e. The van der Waals surface area contributed by atoms with Gasteiger partial charge in [0, 0.05) is 12.4 Å². The van der Waals surface area contributed by atoms with Gasteiger partial charge in [-0.1, -0.05) is 0 Å². The first kappa shape index (κ1) is 6.90. The van der Waals surface area contributed by atoms with Gasteiger partial charge in [-0.25, -0.2) is 4.98 Å². The Kier molecular flexibility index (Phi) is 1.55. The molecule has 0 aliphatic heterocycles. The Morgan fingerprint density at radius 2 is 2.25 bits per heavy atom. The third kappa shape index (κ3) is 1.16. The summed E-state index contributed by atoms with van der Waals surface area (Å²) in [6, 6.07) is 0. The Bertz CT molecular complexity index is 366. The molecule has 2 aromatic rings. The molecule has 0 aliphatic carbocycles. The maximum Gasteiger partial charge on any atom is 0.307 e. The van der Waals surface area contributed by atoms with Crippen LogP contribution in [0.3, 0.4) is 0 Å². The van der Waals surface area contributed by atoms with Crippen molar-refractivity contribution in [3.8, 4) is 11.5 Å². The summed E-state index contributed by atoms with van der Waals surface area (Å²) >= 11 is 0. The van der Waals surface area contributed by atoms with E-state index in [1.165, 1.54) is 0 Å². The predicted molar refractivity (Wildman–Crippen MR) is 40.8 cm³/mol. The van der Waals surface area contributed by atoms with Gasteiger partial charge in [-0.15, -0.1) is 0 Å². The number of aryl methyl sites for hydroxylation is 1. The summed E-state index contributed by atoms with van der Waals surface area (Å²) in [6.07, 6.45) is 6.62. The number of hydrogen-bond acceptors (Lipinski definition) is 3. The van der Waals surface area contributed by atoms with Gasteiger partial charge < -0.3 is 0 Å². The van der Waals surface area contributed by atoms with Crippen molar-refractivity contribution in [1.29, 1.82) is 0 Å². The van der Waals surface area contributed by atoms with Crippen LogP contribution in [0.1, 0.15) is 0 Å². The van der Waals surface area contributed by atoms with E-state index >= 15 is 0 Å². The topological polar surface area (TPSA) is 58.3 Å². The summed E-state index contributed by atoms with van der Waals surface area (Å²) in [7, 11) is 1.87. The zero-order chi connectivity index (χ0) is 8.39. The molecule has 12 heavy (non-hydrogen) atoms. The van der Waals surface area contributed by atoms with Gasteiger partial charge in [0.2, 0.25) is 0 Å². The number of aromatic amines is 1. The van der Waals surface area contributed by atoms with Crippen LogP contribution in [0.15, 0.2) is 24.9 Å². The van der Waals surface area contributed by atoms with Gasteiger partial charge >= 0.3 is 12.2 Å². The molecule has 5 heteroatoms. The maximum atomic E-state index is 4.09. The van der Waals surface area contributed by atoms with Crippen LogP contribution in [0.25, 0.3) is 11.5 Å². The standard InChI is InChI=1S/C7H7N5/c1-12-5-10-7(11-12)6-4-8-2-3-9-6/h2-5H,1H3/p+1. The summed E-state index contributed by atoms with van der Waals surface area (Å²) in [4.78, 5) is 12.1. The monoisotopic (exact) mass is 162 g/mol. The molecule has 60 valence electrons. The zero-order valence-electron chi connectivity index (χ0n) is 6.60. The molecule has 0 atom stereocenters. The minimum atomic E-state index is 0.727. The van der Waals surface area contributed by atoms with Crippen molar-refractivity contribution in [2.75, 3.05) is 0 Å². The third-order valence-corrected chi connectivity index (χ3v) is 1.45. The van der Waals surface area contributed by atoms with E-state index in [-0.39, 0.29) is 0 Å². The second-order valence-corrected chi connectivity index (χ2v) is 2.41. The molecular weight excluding hydrogens is 154 g/mol. The second-order valence-electron chi connectivity index (χ2n) is 2.41. The van der Waals surface area contributed by atoms with Crippen molar-refractivity contribution >= 4 is 0 Å². The Morgan fingerprint density at radius 3 is 2.83 bits per heavy atom. The molecule has 0 unspecified atom stereocenters. The van der Waals surface area contributed by atoms with Crippen LogP contribution in [0.5, 0.6) is 0 Å². The van der Waals surface area contributed by atoms with Crippen molar-refractivity contribution in [3.63, 3.8) is 0 Å². The highest BCUT2D eigenvalue weighted by Gasteiger charge is 2.08. The van der Waals surface area contributed by atoms with Gasteiger partial charge in [-0.05, 0) is 4.98 Å². The van der Waals surface area contributed by atoms with Gasteiger partial charge in [0.1, 0.15) is 7.05 Å². The van der Waals surface area contributed by atoms with Crippen molar-refractivity contribution in [2.24, 2.45) is 7.05 Å². The SMILES string of the molecule is C[n+]1cnc(-c2cnccn2)[nH]1. The molecule has 1 N–H and O–H groups in total. The van der Waals surface area contributed by atoms with E-state index in [1.54, 1.807) is 29.6 Å². The average Bonchev–Trinajstić information content (AvgIpc) is 2.54. The Labute approximate surface area is 69.1 Å². The lowest BCUT2D eigenvalue weighted by Gasteiger charge is -1.86. The summed E-state index contributed by atoms with van der Waals surface area (Å²) in [5, 5.41) is 3.00. The quantitative estimate of drug-likeness (QED) is 0.585. The van der Waals surface area contributed by atoms with Crippen molar-refractivity contribution in [2.45, 2.75) is 0 Å². The first-order valence-corrected chi connectivity index (χ1v) is 3.53.